The number of rotatable bonds is 5. The van der Waals surface area contributed by atoms with Gasteiger partial charge in [0, 0.05) is 36.6 Å². The number of esters is 1. The summed E-state index contributed by atoms with van der Waals surface area (Å²) in [6.45, 7) is 5.41. The lowest BCUT2D eigenvalue weighted by molar-refractivity contribution is 0.0603. The van der Waals surface area contributed by atoms with E-state index in [0.29, 0.717) is 46.8 Å². The van der Waals surface area contributed by atoms with E-state index >= 15 is 0 Å². The molecule has 1 fully saturated rings. The summed E-state index contributed by atoms with van der Waals surface area (Å²) < 4.78 is 32.6. The average molecular weight is 530 g/mol. The molecule has 35 heavy (non-hydrogen) atoms. The fraction of sp³-hybridized carbons (Fsp3) is 0.280. The third-order valence-electron chi connectivity index (χ3n) is 5.94. The minimum absolute atomic E-state index is 0.294. The number of carbonyl (C=O) groups is 1. The zero-order valence-electron chi connectivity index (χ0n) is 19.8. The number of benzene rings is 2. The summed E-state index contributed by atoms with van der Waals surface area (Å²) in [5.74, 6) is -0.437. The molecule has 4 rings (SSSR count). The number of aryl methyl sites for hydroxylation is 2. The maximum Gasteiger partial charge on any atom is 0.341 e. The minimum atomic E-state index is -3.56. The Morgan fingerprint density at radius 3 is 2.23 bits per heavy atom. The van der Waals surface area contributed by atoms with Crippen LogP contribution in [0.4, 0.5) is 5.00 Å². The molecule has 7 nitrogen and oxygen atoms in total. The van der Waals surface area contributed by atoms with E-state index < -0.39 is 16.0 Å². The highest BCUT2D eigenvalue weighted by molar-refractivity contribution is 7.89. The summed E-state index contributed by atoms with van der Waals surface area (Å²) in [5.41, 5.74) is 3.21. The van der Waals surface area contributed by atoms with Gasteiger partial charge in [0.1, 0.15) is 10.6 Å². The second kappa shape index (κ2) is 10.4. The number of hydrogen-bond donors (Lipinski definition) is 1. The summed E-state index contributed by atoms with van der Waals surface area (Å²) >= 11 is 7.09. The lowest BCUT2D eigenvalue weighted by Gasteiger charge is -2.35. The van der Waals surface area contributed by atoms with E-state index in [-0.39, 0.29) is 0 Å². The van der Waals surface area contributed by atoms with Crippen molar-refractivity contribution in [3.63, 3.8) is 0 Å². The Kier molecular flexibility index (Phi) is 7.56. The van der Waals surface area contributed by atoms with Gasteiger partial charge < -0.3 is 15.0 Å². The Hall–Kier alpha value is -2.79. The first-order valence-electron chi connectivity index (χ1n) is 11.1. The monoisotopic (exact) mass is 529 g/mol. The Morgan fingerprint density at radius 2 is 1.63 bits per heavy atom. The molecule has 0 bridgehead atoms. The van der Waals surface area contributed by atoms with Crippen molar-refractivity contribution in [2.24, 2.45) is 0 Å². The van der Waals surface area contributed by atoms with Crippen molar-refractivity contribution in [1.82, 2.24) is 9.21 Å². The summed E-state index contributed by atoms with van der Waals surface area (Å²) in [4.78, 5) is 15.9. The van der Waals surface area contributed by atoms with Crippen LogP contribution in [0.1, 0.15) is 20.8 Å². The number of thiocarbonyl (C=S) groups is 1. The first-order valence-corrected chi connectivity index (χ1v) is 13.8. The SMILES string of the molecule is COC(=O)c1c(NC(=S)N2CCN(S(=O)(=O)c3ccc(C)cc3)CC2)sc(C)c1-c1ccccc1. The molecule has 184 valence electrons. The van der Waals surface area contributed by atoms with Crippen LogP contribution >= 0.6 is 23.6 Å². The van der Waals surface area contributed by atoms with Crippen LogP contribution in [0.25, 0.3) is 11.1 Å². The predicted molar refractivity (Wildman–Crippen MR) is 144 cm³/mol. The van der Waals surface area contributed by atoms with Gasteiger partial charge in [0.25, 0.3) is 0 Å². The molecular weight excluding hydrogens is 502 g/mol. The number of sulfonamides is 1. The molecule has 1 N–H and O–H groups in total. The van der Waals surface area contributed by atoms with Gasteiger partial charge in [-0.3, -0.25) is 0 Å². The van der Waals surface area contributed by atoms with Crippen molar-refractivity contribution in [3.05, 3.63) is 70.6 Å². The topological polar surface area (TPSA) is 79.0 Å². The fourth-order valence-corrected chi connectivity index (χ4v) is 6.88. The quantitative estimate of drug-likeness (QED) is 0.385. The molecule has 0 saturated carbocycles. The predicted octanol–water partition coefficient (Wildman–Crippen LogP) is 4.52. The summed E-state index contributed by atoms with van der Waals surface area (Å²) in [5, 5.41) is 4.29. The van der Waals surface area contributed by atoms with Crippen LogP contribution in [0.15, 0.2) is 59.5 Å². The molecule has 1 aliphatic rings. The summed E-state index contributed by atoms with van der Waals surface area (Å²) in [7, 11) is -2.20. The highest BCUT2D eigenvalue weighted by atomic mass is 32.2. The molecule has 3 aromatic rings. The molecule has 0 unspecified atom stereocenters. The van der Waals surface area contributed by atoms with Crippen molar-refractivity contribution in [2.75, 3.05) is 38.6 Å². The molecule has 0 atom stereocenters. The number of nitrogens with zero attached hydrogens (tertiary/aromatic N) is 2. The molecular formula is C25H27N3O4S3. The van der Waals surface area contributed by atoms with Crippen molar-refractivity contribution in [2.45, 2.75) is 18.7 Å². The van der Waals surface area contributed by atoms with Crippen LogP contribution in [0.3, 0.4) is 0 Å². The van der Waals surface area contributed by atoms with Crippen molar-refractivity contribution < 1.29 is 17.9 Å². The second-order valence-electron chi connectivity index (χ2n) is 8.23. The molecule has 10 heteroatoms. The van der Waals surface area contributed by atoms with Crippen molar-refractivity contribution in [3.8, 4) is 11.1 Å². The standard InChI is InChI=1S/C25H27N3O4S3/c1-17-9-11-20(12-10-17)35(30,31)28-15-13-27(14-16-28)25(33)26-23-22(24(29)32-3)21(18(2)34-23)19-7-5-4-6-8-19/h4-12H,13-16H2,1-3H3,(H,26,33). The largest absolute Gasteiger partial charge is 0.465 e. The number of anilines is 1. The van der Waals surface area contributed by atoms with Crippen LogP contribution in [-0.2, 0) is 14.8 Å². The van der Waals surface area contributed by atoms with Crippen LogP contribution < -0.4 is 5.32 Å². The van der Waals surface area contributed by atoms with Gasteiger partial charge in [-0.25, -0.2) is 13.2 Å². The van der Waals surface area contributed by atoms with E-state index in [4.69, 9.17) is 17.0 Å². The second-order valence-corrected chi connectivity index (χ2v) is 11.8. The molecule has 2 heterocycles. The summed E-state index contributed by atoms with van der Waals surface area (Å²) in [6, 6.07) is 16.6. The minimum Gasteiger partial charge on any atom is -0.465 e. The van der Waals surface area contributed by atoms with Gasteiger partial charge in [0.15, 0.2) is 5.11 Å². The first kappa shape index (κ1) is 25.3. The number of ether oxygens (including phenoxy) is 1. The smallest absolute Gasteiger partial charge is 0.341 e. The van der Waals surface area contributed by atoms with Gasteiger partial charge in [0.05, 0.1) is 12.0 Å². The van der Waals surface area contributed by atoms with Gasteiger partial charge in [-0.05, 0) is 43.8 Å². The van der Waals surface area contributed by atoms with E-state index in [1.807, 2.05) is 49.1 Å². The van der Waals surface area contributed by atoms with Gasteiger partial charge in [-0.2, -0.15) is 4.31 Å². The van der Waals surface area contributed by atoms with Gasteiger partial charge in [-0.1, -0.05) is 48.0 Å². The Balaban J connectivity index is 1.49. The van der Waals surface area contributed by atoms with E-state index in [2.05, 4.69) is 5.32 Å². The van der Waals surface area contributed by atoms with Gasteiger partial charge >= 0.3 is 5.97 Å². The lowest BCUT2D eigenvalue weighted by atomic mass is 10.0. The zero-order chi connectivity index (χ0) is 25.2. The normalized spacial score (nSPS) is 14.5. The number of methoxy groups -OCH3 is 1. The zero-order valence-corrected chi connectivity index (χ0v) is 22.2. The van der Waals surface area contributed by atoms with Gasteiger partial charge in [-0.15, -0.1) is 11.3 Å². The third-order valence-corrected chi connectivity index (χ3v) is 9.24. The van der Waals surface area contributed by atoms with Crippen LogP contribution in [0, 0.1) is 13.8 Å². The maximum absolute atomic E-state index is 13.0. The van der Waals surface area contributed by atoms with Crippen LogP contribution in [0.2, 0.25) is 0 Å². The van der Waals surface area contributed by atoms with E-state index in [1.165, 1.54) is 22.8 Å². The fourth-order valence-electron chi connectivity index (χ4n) is 4.05. The molecule has 1 aromatic heterocycles. The molecule has 0 radical (unpaired) electrons. The van der Waals surface area contributed by atoms with Crippen molar-refractivity contribution >= 4 is 49.7 Å². The molecule has 2 aromatic carbocycles. The first-order chi connectivity index (χ1) is 16.7. The van der Waals surface area contributed by atoms with Crippen LogP contribution in [0.5, 0.6) is 0 Å². The van der Waals surface area contributed by atoms with Gasteiger partial charge in [0.2, 0.25) is 10.0 Å². The molecule has 1 aliphatic heterocycles. The number of thiophene rings is 1. The maximum atomic E-state index is 13.0. The van der Waals surface area contributed by atoms with E-state index in [0.717, 1.165) is 21.6 Å². The Morgan fingerprint density at radius 1 is 1.00 bits per heavy atom. The lowest BCUT2D eigenvalue weighted by Crippen LogP contribution is -2.51. The number of carbonyl (C=O) groups excluding carboxylic acids is 1. The van der Waals surface area contributed by atoms with Crippen LogP contribution in [-0.4, -0.2) is 62.0 Å². The molecule has 0 aliphatic carbocycles. The molecule has 1 saturated heterocycles. The van der Waals surface area contributed by atoms with Crippen molar-refractivity contribution in [1.29, 1.82) is 0 Å². The average Bonchev–Trinajstić information content (AvgIpc) is 3.19. The number of piperazine rings is 1. The number of hydrogen-bond acceptors (Lipinski definition) is 6. The van der Waals surface area contributed by atoms with E-state index in [9.17, 15) is 13.2 Å². The molecule has 0 amide bonds. The number of nitrogens with one attached hydrogen (secondary N) is 1. The Bertz CT molecular complexity index is 1330. The third kappa shape index (κ3) is 5.25. The highest BCUT2D eigenvalue weighted by Crippen LogP contribution is 2.40. The highest BCUT2D eigenvalue weighted by Gasteiger charge is 2.30. The summed E-state index contributed by atoms with van der Waals surface area (Å²) in [6.07, 6.45) is 0. The Labute approximate surface area is 215 Å². The molecule has 0 spiro atoms. The van der Waals surface area contributed by atoms with E-state index in [1.54, 1.807) is 24.3 Å².